The Balaban J connectivity index is 1.75. The number of hydrogen-bond donors (Lipinski definition) is 1. The van der Waals surface area contributed by atoms with Crippen molar-refractivity contribution < 1.29 is 9.59 Å². The van der Waals surface area contributed by atoms with E-state index in [1.807, 2.05) is 24.3 Å². The van der Waals surface area contributed by atoms with Crippen LogP contribution in [0.25, 0.3) is 0 Å². The third-order valence-electron chi connectivity index (χ3n) is 4.01. The highest BCUT2D eigenvalue weighted by Crippen LogP contribution is 2.35. The summed E-state index contributed by atoms with van der Waals surface area (Å²) in [5.74, 6) is -0.538. The molecule has 6 nitrogen and oxygen atoms in total. The minimum atomic E-state index is -1.17. The molecule has 0 spiro atoms. The minimum absolute atomic E-state index is 0.0524. The van der Waals surface area contributed by atoms with E-state index >= 15 is 0 Å². The first-order valence-corrected chi connectivity index (χ1v) is 9.49. The summed E-state index contributed by atoms with van der Waals surface area (Å²) >= 11 is 12.2. The quantitative estimate of drug-likeness (QED) is 0.783. The summed E-state index contributed by atoms with van der Waals surface area (Å²) in [6.45, 7) is 2.61. The van der Waals surface area contributed by atoms with Gasteiger partial charge in [-0.05, 0) is 18.1 Å². The van der Waals surface area contributed by atoms with Crippen molar-refractivity contribution in [3.05, 3.63) is 34.8 Å². The van der Waals surface area contributed by atoms with Crippen molar-refractivity contribution in [3.63, 3.8) is 0 Å². The Bertz CT molecular complexity index is 796. The SMILES string of the molecule is CCc1ccccc1N1CC(c2nnc(NC(=O)C(Cl)Cl)s2)CC1=O. The Morgan fingerprint density at radius 2 is 2.16 bits per heavy atom. The van der Waals surface area contributed by atoms with Gasteiger partial charge >= 0.3 is 0 Å². The molecule has 1 N–H and O–H groups in total. The molecule has 0 bridgehead atoms. The van der Waals surface area contributed by atoms with Gasteiger partial charge < -0.3 is 4.90 Å². The molecule has 2 heterocycles. The molecule has 1 aromatic heterocycles. The van der Waals surface area contributed by atoms with Gasteiger partial charge in [0.1, 0.15) is 5.01 Å². The van der Waals surface area contributed by atoms with Crippen LogP contribution in [-0.4, -0.2) is 33.4 Å². The standard InChI is InChI=1S/C16H16Cl2N4O2S/c1-2-9-5-3-4-6-11(9)22-8-10(7-12(22)23)15-20-21-16(25-15)19-14(24)13(17)18/h3-6,10,13H,2,7-8H2,1H3,(H,19,21,24). The number of hydrogen-bond acceptors (Lipinski definition) is 5. The van der Waals surface area contributed by atoms with E-state index in [1.54, 1.807) is 4.90 Å². The predicted octanol–water partition coefficient (Wildman–Crippen LogP) is 3.36. The van der Waals surface area contributed by atoms with Crippen molar-refractivity contribution in [2.75, 3.05) is 16.8 Å². The zero-order valence-electron chi connectivity index (χ0n) is 13.4. The molecule has 1 saturated heterocycles. The number of anilines is 2. The predicted molar refractivity (Wildman–Crippen MR) is 99.6 cm³/mol. The maximum absolute atomic E-state index is 12.5. The zero-order valence-corrected chi connectivity index (χ0v) is 15.7. The molecule has 2 aromatic rings. The number of halogens is 2. The number of benzene rings is 1. The summed E-state index contributed by atoms with van der Waals surface area (Å²) in [6, 6.07) is 7.90. The average molecular weight is 399 g/mol. The van der Waals surface area contributed by atoms with Gasteiger partial charge in [-0.15, -0.1) is 10.2 Å². The van der Waals surface area contributed by atoms with Crippen molar-refractivity contribution in [3.8, 4) is 0 Å². The van der Waals surface area contributed by atoms with Gasteiger partial charge in [0.05, 0.1) is 0 Å². The summed E-state index contributed by atoms with van der Waals surface area (Å²) in [4.78, 5) is 24.6. The third kappa shape index (κ3) is 3.94. The van der Waals surface area contributed by atoms with Crippen LogP contribution in [0.2, 0.25) is 0 Å². The molecule has 1 aliphatic heterocycles. The van der Waals surface area contributed by atoms with Gasteiger partial charge in [-0.2, -0.15) is 0 Å². The second kappa shape index (κ2) is 7.68. The Labute approximate surface area is 159 Å². The Morgan fingerprint density at radius 3 is 2.88 bits per heavy atom. The van der Waals surface area contributed by atoms with Crippen molar-refractivity contribution in [1.29, 1.82) is 0 Å². The van der Waals surface area contributed by atoms with Crippen LogP contribution in [0.15, 0.2) is 24.3 Å². The number of nitrogens with zero attached hydrogens (tertiary/aromatic N) is 3. The lowest BCUT2D eigenvalue weighted by Crippen LogP contribution is -2.25. The molecule has 1 atom stereocenters. The Kier molecular flexibility index (Phi) is 5.56. The van der Waals surface area contributed by atoms with E-state index < -0.39 is 10.7 Å². The molecule has 0 radical (unpaired) electrons. The van der Waals surface area contributed by atoms with Crippen LogP contribution in [0.1, 0.15) is 29.8 Å². The topological polar surface area (TPSA) is 75.2 Å². The molecule has 2 amide bonds. The third-order valence-corrected chi connectivity index (χ3v) is 5.40. The lowest BCUT2D eigenvalue weighted by atomic mass is 10.1. The largest absolute Gasteiger partial charge is 0.311 e. The number of carbonyl (C=O) groups is 2. The molecule has 1 aliphatic rings. The van der Waals surface area contributed by atoms with Gasteiger partial charge in [0.25, 0.3) is 5.91 Å². The normalized spacial score (nSPS) is 17.4. The summed E-state index contributed by atoms with van der Waals surface area (Å²) in [7, 11) is 0. The summed E-state index contributed by atoms with van der Waals surface area (Å²) in [5, 5.41) is 11.6. The van der Waals surface area contributed by atoms with Gasteiger partial charge in [0.2, 0.25) is 11.0 Å². The molecule has 9 heteroatoms. The maximum atomic E-state index is 12.5. The second-order valence-corrected chi connectivity index (χ2v) is 7.73. The fraction of sp³-hybridized carbons (Fsp3) is 0.375. The van der Waals surface area contributed by atoms with Gasteiger partial charge in [0.15, 0.2) is 4.84 Å². The number of nitrogens with one attached hydrogen (secondary N) is 1. The molecule has 132 valence electrons. The van der Waals surface area contributed by atoms with Crippen LogP contribution >= 0.6 is 34.5 Å². The van der Waals surface area contributed by atoms with Gasteiger partial charge in [-0.25, -0.2) is 0 Å². The molecule has 1 fully saturated rings. The first-order chi connectivity index (χ1) is 12.0. The van der Waals surface area contributed by atoms with Crippen LogP contribution in [0, 0.1) is 0 Å². The van der Waals surface area contributed by atoms with Gasteiger partial charge in [0, 0.05) is 24.6 Å². The smallest absolute Gasteiger partial charge is 0.259 e. The van der Waals surface area contributed by atoms with Crippen LogP contribution in [0.3, 0.4) is 0 Å². The van der Waals surface area contributed by atoms with E-state index in [9.17, 15) is 9.59 Å². The van der Waals surface area contributed by atoms with Crippen molar-refractivity contribution in [2.45, 2.75) is 30.5 Å². The number of amides is 2. The number of para-hydroxylation sites is 1. The van der Waals surface area contributed by atoms with Crippen LogP contribution in [-0.2, 0) is 16.0 Å². The zero-order chi connectivity index (χ0) is 18.0. The second-order valence-electron chi connectivity index (χ2n) is 5.62. The molecular weight excluding hydrogens is 383 g/mol. The number of aryl methyl sites for hydroxylation is 1. The molecule has 0 saturated carbocycles. The number of alkyl halides is 2. The Hall–Kier alpha value is -1.70. The summed E-state index contributed by atoms with van der Waals surface area (Å²) in [6.07, 6.45) is 1.23. The molecular formula is C16H16Cl2N4O2S. The van der Waals surface area contributed by atoms with Crippen LogP contribution < -0.4 is 10.2 Å². The van der Waals surface area contributed by atoms with Crippen LogP contribution in [0.4, 0.5) is 10.8 Å². The highest BCUT2D eigenvalue weighted by molar-refractivity contribution is 7.15. The first kappa shape index (κ1) is 18.1. The van der Waals surface area contributed by atoms with Crippen molar-refractivity contribution in [2.24, 2.45) is 0 Å². The monoisotopic (exact) mass is 398 g/mol. The van der Waals surface area contributed by atoms with Gasteiger partial charge in [-0.1, -0.05) is 59.7 Å². The molecule has 25 heavy (non-hydrogen) atoms. The van der Waals surface area contributed by atoms with Crippen molar-refractivity contribution >= 4 is 57.2 Å². The van der Waals surface area contributed by atoms with Crippen LogP contribution in [0.5, 0.6) is 0 Å². The summed E-state index contributed by atoms with van der Waals surface area (Å²) < 4.78 is 0. The molecule has 1 unspecified atom stereocenters. The lowest BCUT2D eigenvalue weighted by molar-refractivity contribution is -0.117. The van der Waals surface area contributed by atoms with E-state index in [1.165, 1.54) is 11.3 Å². The van der Waals surface area contributed by atoms with E-state index in [4.69, 9.17) is 23.2 Å². The average Bonchev–Trinajstić information content (AvgIpc) is 3.21. The van der Waals surface area contributed by atoms with E-state index in [-0.39, 0.29) is 11.8 Å². The molecule has 1 aromatic carbocycles. The summed E-state index contributed by atoms with van der Waals surface area (Å²) in [5.41, 5.74) is 2.08. The minimum Gasteiger partial charge on any atom is -0.311 e. The van der Waals surface area contributed by atoms with E-state index in [2.05, 4.69) is 22.4 Å². The highest BCUT2D eigenvalue weighted by atomic mass is 35.5. The number of rotatable bonds is 5. The first-order valence-electron chi connectivity index (χ1n) is 7.80. The Morgan fingerprint density at radius 1 is 1.40 bits per heavy atom. The van der Waals surface area contributed by atoms with Gasteiger partial charge in [-0.3, -0.25) is 14.9 Å². The lowest BCUT2D eigenvalue weighted by Gasteiger charge is -2.19. The fourth-order valence-electron chi connectivity index (χ4n) is 2.79. The van der Waals surface area contributed by atoms with E-state index in [0.717, 1.165) is 17.7 Å². The molecule has 3 rings (SSSR count). The molecule has 0 aliphatic carbocycles. The van der Waals surface area contributed by atoms with E-state index in [0.29, 0.717) is 23.1 Å². The fourth-order valence-corrected chi connectivity index (χ4v) is 3.74. The van der Waals surface area contributed by atoms with Crippen molar-refractivity contribution in [1.82, 2.24) is 10.2 Å². The maximum Gasteiger partial charge on any atom is 0.259 e. The number of carbonyl (C=O) groups excluding carboxylic acids is 2. The number of aromatic nitrogens is 2. The highest BCUT2D eigenvalue weighted by Gasteiger charge is 2.34.